The summed E-state index contributed by atoms with van der Waals surface area (Å²) in [5.74, 6) is 1.45. The maximum absolute atomic E-state index is 2.60. The van der Waals surface area contributed by atoms with Crippen molar-refractivity contribution in [2.75, 3.05) is 0 Å². The van der Waals surface area contributed by atoms with Gasteiger partial charge < -0.3 is 37.2 Å². The van der Waals surface area contributed by atoms with E-state index in [1.165, 1.54) is 6.42 Å². The third kappa shape index (κ3) is 4.50. The first kappa shape index (κ1) is 24.8. The maximum atomic E-state index is 2.60. The van der Waals surface area contributed by atoms with E-state index in [0.29, 0.717) is 0 Å². The molecule has 0 amide bonds. The largest absolute Gasteiger partial charge is 1.00 e. The molecule has 2 aromatic carbocycles. The summed E-state index contributed by atoms with van der Waals surface area (Å²) >= 11 is 2.50. The predicted molar refractivity (Wildman–Crippen MR) is 101 cm³/mol. The van der Waals surface area contributed by atoms with E-state index in [-0.39, 0.29) is 37.2 Å². The first-order valence-corrected chi connectivity index (χ1v) is 12.4. The van der Waals surface area contributed by atoms with E-state index in [9.17, 15) is 0 Å². The first-order chi connectivity index (χ1) is 11.7. The van der Waals surface area contributed by atoms with E-state index in [0.717, 1.165) is 21.6 Å². The Hall–Kier alpha value is -0.279. The van der Waals surface area contributed by atoms with Crippen LogP contribution in [-0.2, 0) is 20.4 Å². The smallest absolute Gasteiger partial charge is 1.00 e. The monoisotopic (exact) mass is 468 g/mol. The van der Waals surface area contributed by atoms with Gasteiger partial charge in [0.2, 0.25) is 0 Å². The second-order valence-electron chi connectivity index (χ2n) is 7.31. The van der Waals surface area contributed by atoms with Crippen molar-refractivity contribution in [3.63, 3.8) is 0 Å². The quantitative estimate of drug-likeness (QED) is 0.397. The van der Waals surface area contributed by atoms with Gasteiger partial charge in [-0.15, -0.1) is 0 Å². The van der Waals surface area contributed by atoms with Gasteiger partial charge in [0, 0.05) is 0 Å². The van der Waals surface area contributed by atoms with Crippen molar-refractivity contribution in [2.24, 2.45) is 11.8 Å². The Kier molecular flexibility index (Phi) is 9.61. The number of halogens is 3. The van der Waals surface area contributed by atoms with Gasteiger partial charge in [-0.3, -0.25) is 0 Å². The van der Waals surface area contributed by atoms with Gasteiger partial charge in [-0.25, -0.2) is 0 Å². The molecular weight excluding hydrogens is 447 g/mol. The zero-order chi connectivity index (χ0) is 16.6. The van der Waals surface area contributed by atoms with E-state index in [4.69, 9.17) is 0 Å². The Morgan fingerprint density at radius 3 is 1.74 bits per heavy atom. The van der Waals surface area contributed by atoms with E-state index >= 15 is 0 Å². The summed E-state index contributed by atoms with van der Waals surface area (Å²) in [5, 5.41) is 3.17. The first-order valence-electron chi connectivity index (χ1n) is 8.88. The van der Waals surface area contributed by atoms with Crippen LogP contribution < -0.4 is 47.6 Å². The molecule has 4 rings (SSSR count). The molecule has 2 aromatic rings. The fourth-order valence-corrected chi connectivity index (χ4v) is 11.7. The van der Waals surface area contributed by atoms with Crippen molar-refractivity contribution in [3.05, 3.63) is 85.0 Å². The normalized spacial score (nSPS) is 25.6. The molecule has 0 N–H and O–H groups in total. The van der Waals surface area contributed by atoms with Gasteiger partial charge >= 0.3 is 158 Å². The molecule has 0 heterocycles. The maximum Gasteiger partial charge on any atom is -1.00 e. The second-order valence-corrected chi connectivity index (χ2v) is 12.7. The summed E-state index contributed by atoms with van der Waals surface area (Å²) in [6.07, 6.45) is 10.7. The number of benzene rings is 2. The molecule has 4 atom stereocenters. The number of fused-ring (bicyclic) bond motifs is 1. The number of hydrogen-bond acceptors (Lipinski definition) is 0. The molecule has 0 radical (unpaired) electrons. The summed E-state index contributed by atoms with van der Waals surface area (Å²) in [7, 11) is -1.79. The molecule has 4 unspecified atom stereocenters. The number of rotatable bonds is 3. The fourth-order valence-electron chi connectivity index (χ4n) is 4.76. The van der Waals surface area contributed by atoms with Crippen LogP contribution in [0.2, 0.25) is 16.3 Å². The van der Waals surface area contributed by atoms with Crippen molar-refractivity contribution < 1.29 is 57.7 Å². The van der Waals surface area contributed by atoms with Gasteiger partial charge in [0.25, 0.3) is 0 Å². The van der Waals surface area contributed by atoms with Gasteiger partial charge in [0.15, 0.2) is 0 Å². The van der Waals surface area contributed by atoms with Crippen molar-refractivity contribution >= 4 is 18.4 Å². The van der Waals surface area contributed by atoms with Crippen LogP contribution in [0.5, 0.6) is 0 Å². The van der Waals surface area contributed by atoms with Crippen LogP contribution in [0.25, 0.3) is 0 Å². The average Bonchev–Trinajstić information content (AvgIpc) is 3.00. The Bertz CT molecular complexity index is 724. The fraction of sp³-hybridized carbons (Fsp3) is 0.273. The second kappa shape index (κ2) is 10.5. The van der Waals surface area contributed by atoms with Crippen LogP contribution in [0.3, 0.4) is 0 Å². The standard InChI is InChI=1S/C22H23Si.3ClH.Ti/c1-23(20-12-4-2-5-13-20,21-14-6-3-7-15-21)22-16-18-10-8-9-11-19(18)17-22;;;;/h2-16,18-19,22H,17H2,1H3;3*1H;/q;;;;+3/p-3. The molecular formula is C22H23Cl3SiTi. The van der Waals surface area contributed by atoms with Gasteiger partial charge in [-0.05, 0) is 0 Å². The van der Waals surface area contributed by atoms with Crippen LogP contribution in [0, 0.1) is 11.8 Å². The zero-order valence-electron chi connectivity index (χ0n) is 15.2. The molecule has 2 aliphatic carbocycles. The molecule has 0 nitrogen and oxygen atoms in total. The third-order valence-electron chi connectivity index (χ3n) is 6.16. The molecule has 0 aliphatic heterocycles. The van der Waals surface area contributed by atoms with E-state index in [1.807, 2.05) is 0 Å². The SMILES string of the molecule is C[Si](c1ccccc1)(c1ccccc1)C1CC2C=CC=CC2[CH]1[Ti+3].[Cl-].[Cl-].[Cl-]. The molecule has 1 fully saturated rings. The molecule has 27 heavy (non-hydrogen) atoms. The van der Waals surface area contributed by atoms with E-state index < -0.39 is 8.07 Å². The zero-order valence-corrected chi connectivity index (χ0v) is 20.1. The van der Waals surface area contributed by atoms with Gasteiger partial charge in [-0.2, -0.15) is 0 Å². The summed E-state index contributed by atoms with van der Waals surface area (Å²) in [6.45, 7) is 2.60. The summed E-state index contributed by atoms with van der Waals surface area (Å²) in [6, 6.07) is 22.7. The van der Waals surface area contributed by atoms with Gasteiger partial charge in [-0.1, -0.05) is 0 Å². The summed E-state index contributed by atoms with van der Waals surface area (Å²) in [5.41, 5.74) is 0.782. The van der Waals surface area contributed by atoms with Gasteiger partial charge in [0.05, 0.1) is 0 Å². The third-order valence-corrected chi connectivity index (χ3v) is 13.1. The molecule has 2 aliphatic rings. The van der Waals surface area contributed by atoms with Crippen molar-refractivity contribution in [2.45, 2.75) is 22.7 Å². The number of hydrogen-bond donors (Lipinski definition) is 0. The summed E-state index contributed by atoms with van der Waals surface area (Å²) in [4.78, 5) is 0. The van der Waals surface area contributed by atoms with Crippen molar-refractivity contribution in [3.8, 4) is 0 Å². The van der Waals surface area contributed by atoms with E-state index in [1.54, 1.807) is 10.4 Å². The molecule has 5 heteroatoms. The van der Waals surface area contributed by atoms with Crippen LogP contribution in [0.4, 0.5) is 0 Å². The van der Waals surface area contributed by atoms with E-state index in [2.05, 4.69) is 112 Å². The van der Waals surface area contributed by atoms with Crippen LogP contribution in [0.15, 0.2) is 85.0 Å². The van der Waals surface area contributed by atoms with Gasteiger partial charge in [0.1, 0.15) is 0 Å². The minimum Gasteiger partial charge on any atom is -1.00 e. The number of allylic oxidation sites excluding steroid dienone is 4. The van der Waals surface area contributed by atoms with Crippen molar-refractivity contribution in [1.82, 2.24) is 0 Å². The minimum atomic E-state index is -1.79. The Labute approximate surface area is 194 Å². The Morgan fingerprint density at radius 1 is 0.778 bits per heavy atom. The van der Waals surface area contributed by atoms with Crippen LogP contribution in [-0.4, -0.2) is 8.07 Å². The van der Waals surface area contributed by atoms with Crippen LogP contribution in [0.1, 0.15) is 6.42 Å². The minimum absolute atomic E-state index is 0. The molecule has 0 aromatic heterocycles. The topological polar surface area (TPSA) is 0 Å². The Morgan fingerprint density at radius 2 is 1.26 bits per heavy atom. The average molecular weight is 470 g/mol. The predicted octanol–water partition coefficient (Wildman–Crippen LogP) is -4.64. The van der Waals surface area contributed by atoms with Crippen molar-refractivity contribution in [1.29, 1.82) is 0 Å². The molecule has 140 valence electrons. The molecule has 0 saturated heterocycles. The molecule has 0 spiro atoms. The molecule has 1 saturated carbocycles. The van der Waals surface area contributed by atoms with Crippen LogP contribution >= 0.6 is 0 Å². The summed E-state index contributed by atoms with van der Waals surface area (Å²) < 4.78 is 0.744. The Balaban J connectivity index is 0.00000121. The molecule has 0 bridgehead atoms.